The molecule has 2 aromatic carbocycles. The Morgan fingerprint density at radius 1 is 1.11 bits per heavy atom. The van der Waals surface area contributed by atoms with Gasteiger partial charge in [0, 0.05) is 29.9 Å². The third-order valence-electron chi connectivity index (χ3n) is 7.15. The number of aryl methyl sites for hydroxylation is 1. The largest absolute Gasteiger partial charge is 0.493 e. The first-order valence-electron chi connectivity index (χ1n) is 13.7. The van der Waals surface area contributed by atoms with Crippen molar-refractivity contribution in [3.05, 3.63) is 75.5 Å². The van der Waals surface area contributed by atoms with Crippen LogP contribution in [0.1, 0.15) is 30.9 Å². The highest BCUT2D eigenvalue weighted by molar-refractivity contribution is 5.93. The summed E-state index contributed by atoms with van der Waals surface area (Å²) in [7, 11) is 0. The van der Waals surface area contributed by atoms with Crippen LogP contribution in [0.25, 0.3) is 0 Å². The van der Waals surface area contributed by atoms with Gasteiger partial charge in [-0.05, 0) is 57.0 Å². The molecule has 3 rings (SSSR count). The van der Waals surface area contributed by atoms with Gasteiger partial charge in [-0.25, -0.2) is 0 Å². The summed E-state index contributed by atoms with van der Waals surface area (Å²) in [5, 5.41) is 46.9. The Labute approximate surface area is 250 Å². The maximum atomic E-state index is 14.0. The van der Waals surface area contributed by atoms with Crippen LogP contribution < -0.4 is 20.1 Å². The number of carboxylic acid groups (broad SMARTS) is 2. The van der Waals surface area contributed by atoms with Gasteiger partial charge >= 0.3 is 18.1 Å². The van der Waals surface area contributed by atoms with Crippen molar-refractivity contribution in [2.45, 2.75) is 50.4 Å². The molecule has 4 atom stereocenters. The molecule has 0 amide bonds. The SMILES string of the molecule is CC1=CC(C(=O)O)(c2cc([N+](=O)[O-])ccc2OCCCCNCC(O)COc2ccccc2C)C(C(=O)O)C(C(F)(F)F)N1. The molecule has 0 fully saturated rings. The predicted molar refractivity (Wildman–Crippen MR) is 151 cm³/mol. The lowest BCUT2D eigenvalue weighted by Gasteiger charge is -2.43. The third kappa shape index (κ3) is 7.96. The maximum Gasteiger partial charge on any atom is 0.409 e. The molecule has 0 aromatic heterocycles. The molecular formula is C29H34F3N3O9. The zero-order chi connectivity index (χ0) is 32.7. The highest BCUT2D eigenvalue weighted by Crippen LogP contribution is 2.48. The van der Waals surface area contributed by atoms with Crippen LogP contribution in [0.4, 0.5) is 18.9 Å². The third-order valence-corrected chi connectivity index (χ3v) is 7.15. The number of para-hydroxylation sites is 1. The first-order chi connectivity index (χ1) is 20.7. The molecule has 240 valence electrons. The number of non-ortho nitro benzene ring substituents is 1. The number of ether oxygens (including phenoxy) is 2. The highest BCUT2D eigenvalue weighted by atomic mass is 19.4. The van der Waals surface area contributed by atoms with Gasteiger partial charge in [0.1, 0.15) is 41.6 Å². The normalized spacial score (nSPS) is 20.6. The number of halogens is 3. The van der Waals surface area contributed by atoms with Crippen molar-refractivity contribution in [3.63, 3.8) is 0 Å². The number of aliphatic hydroxyl groups excluding tert-OH is 1. The number of benzene rings is 2. The van der Waals surface area contributed by atoms with Gasteiger partial charge in [-0.1, -0.05) is 18.2 Å². The summed E-state index contributed by atoms with van der Waals surface area (Å²) in [6, 6.07) is 7.35. The number of hydrogen-bond acceptors (Lipinski definition) is 9. The number of allylic oxidation sites excluding steroid dienone is 1. The van der Waals surface area contributed by atoms with Crippen molar-refractivity contribution in [1.29, 1.82) is 0 Å². The molecule has 0 bridgehead atoms. The molecule has 1 aliphatic rings. The maximum absolute atomic E-state index is 14.0. The van der Waals surface area contributed by atoms with Gasteiger partial charge in [0.15, 0.2) is 0 Å². The number of nitrogens with one attached hydrogen (secondary N) is 2. The fourth-order valence-electron chi connectivity index (χ4n) is 5.07. The van der Waals surface area contributed by atoms with Crippen LogP contribution >= 0.6 is 0 Å². The lowest BCUT2D eigenvalue weighted by molar-refractivity contribution is -0.385. The predicted octanol–water partition coefficient (Wildman–Crippen LogP) is 3.55. The van der Waals surface area contributed by atoms with Crippen molar-refractivity contribution < 1.29 is 52.5 Å². The second kappa shape index (κ2) is 14.4. The van der Waals surface area contributed by atoms with Crippen LogP contribution in [0.15, 0.2) is 54.2 Å². The summed E-state index contributed by atoms with van der Waals surface area (Å²) < 4.78 is 53.2. The summed E-state index contributed by atoms with van der Waals surface area (Å²) in [5.41, 5.74) is -3.44. The van der Waals surface area contributed by atoms with E-state index in [1.807, 2.05) is 30.4 Å². The van der Waals surface area contributed by atoms with Crippen molar-refractivity contribution >= 4 is 17.6 Å². The number of carbonyl (C=O) groups is 2. The van der Waals surface area contributed by atoms with E-state index in [0.29, 0.717) is 25.1 Å². The summed E-state index contributed by atoms with van der Waals surface area (Å²) in [5.74, 6) is -6.27. The average molecular weight is 626 g/mol. The summed E-state index contributed by atoms with van der Waals surface area (Å²) >= 11 is 0. The zero-order valence-electron chi connectivity index (χ0n) is 24.0. The Morgan fingerprint density at radius 2 is 1.82 bits per heavy atom. The molecule has 44 heavy (non-hydrogen) atoms. The van der Waals surface area contributed by atoms with E-state index in [4.69, 9.17) is 9.47 Å². The van der Waals surface area contributed by atoms with E-state index in [1.54, 1.807) is 6.07 Å². The molecule has 0 saturated carbocycles. The molecule has 5 N–H and O–H groups in total. The highest BCUT2D eigenvalue weighted by Gasteiger charge is 2.63. The van der Waals surface area contributed by atoms with Crippen molar-refractivity contribution in [2.75, 3.05) is 26.3 Å². The Hall–Kier alpha value is -4.37. The molecule has 0 spiro atoms. The molecule has 1 aliphatic heterocycles. The number of nitrogens with zero attached hydrogens (tertiary/aromatic N) is 1. The van der Waals surface area contributed by atoms with Gasteiger partial charge in [-0.15, -0.1) is 0 Å². The van der Waals surface area contributed by atoms with Crippen molar-refractivity contribution in [1.82, 2.24) is 10.6 Å². The quantitative estimate of drug-likeness (QED) is 0.111. The Bertz CT molecular complexity index is 1390. The van der Waals surface area contributed by atoms with E-state index in [2.05, 4.69) is 5.32 Å². The van der Waals surface area contributed by atoms with Gasteiger partial charge in [0.25, 0.3) is 5.69 Å². The summed E-state index contributed by atoms with van der Waals surface area (Å²) in [6.07, 6.45) is -4.27. The average Bonchev–Trinajstić information content (AvgIpc) is 2.94. The lowest BCUT2D eigenvalue weighted by Crippen LogP contribution is -2.62. The van der Waals surface area contributed by atoms with Gasteiger partial charge in [0.05, 0.1) is 11.5 Å². The van der Waals surface area contributed by atoms with Crippen LogP contribution in [0.2, 0.25) is 0 Å². The molecular weight excluding hydrogens is 591 g/mol. The number of aliphatic carboxylic acids is 2. The van der Waals surface area contributed by atoms with E-state index in [-0.39, 0.29) is 31.2 Å². The molecule has 12 nitrogen and oxygen atoms in total. The van der Waals surface area contributed by atoms with E-state index in [9.17, 15) is 48.2 Å². The van der Waals surface area contributed by atoms with Gasteiger partial charge in [-0.2, -0.15) is 13.2 Å². The molecule has 2 aromatic rings. The van der Waals surface area contributed by atoms with Crippen LogP contribution in [-0.2, 0) is 15.0 Å². The van der Waals surface area contributed by atoms with Gasteiger partial charge in [0.2, 0.25) is 0 Å². The van der Waals surface area contributed by atoms with Gasteiger partial charge in [-0.3, -0.25) is 19.7 Å². The number of nitro groups is 1. The Morgan fingerprint density at radius 3 is 2.43 bits per heavy atom. The monoisotopic (exact) mass is 625 g/mol. The van der Waals surface area contributed by atoms with Crippen LogP contribution in [0, 0.1) is 23.0 Å². The fourth-order valence-corrected chi connectivity index (χ4v) is 5.07. The molecule has 15 heteroatoms. The van der Waals surface area contributed by atoms with Crippen molar-refractivity contribution in [3.8, 4) is 11.5 Å². The number of hydrogen-bond donors (Lipinski definition) is 5. The first kappa shape index (κ1) is 34.1. The number of rotatable bonds is 15. The van der Waals surface area contributed by atoms with E-state index >= 15 is 0 Å². The minimum atomic E-state index is -5.17. The molecule has 0 radical (unpaired) electrons. The Kier molecular flexibility index (Phi) is 11.2. The molecule has 0 aliphatic carbocycles. The van der Waals surface area contributed by atoms with E-state index in [1.165, 1.54) is 0 Å². The van der Waals surface area contributed by atoms with E-state index in [0.717, 1.165) is 36.8 Å². The molecule has 0 saturated heterocycles. The van der Waals surface area contributed by atoms with Crippen LogP contribution in [0.5, 0.6) is 11.5 Å². The number of nitro benzene ring substituents is 1. The molecule has 1 heterocycles. The number of alkyl halides is 3. The molecule has 4 unspecified atom stereocenters. The second-order valence-corrected chi connectivity index (χ2v) is 10.4. The smallest absolute Gasteiger partial charge is 0.409 e. The van der Waals surface area contributed by atoms with Crippen LogP contribution in [-0.4, -0.2) is 76.8 Å². The standard InChI is InChI=1S/C29H34F3N3O9/c1-17-7-3-4-8-22(17)44-16-20(36)15-33-11-5-6-12-43-23-10-9-19(35(41)42)13-21(23)28(27(39)40)14-18(2)34-25(29(30,31)32)24(28)26(37)38/h3-4,7-10,13-14,20,24-25,33-34,36H,5-6,11-12,15-16H2,1-2H3,(H,37,38)(H,39,40). The van der Waals surface area contributed by atoms with Crippen molar-refractivity contribution in [2.24, 2.45) is 5.92 Å². The zero-order valence-corrected chi connectivity index (χ0v) is 24.0. The number of aliphatic hydroxyl groups is 1. The van der Waals surface area contributed by atoms with Gasteiger partial charge < -0.3 is 35.4 Å². The summed E-state index contributed by atoms with van der Waals surface area (Å²) in [6.45, 7) is 3.71. The number of carboxylic acids is 2. The fraction of sp³-hybridized carbons (Fsp3) is 0.448. The van der Waals surface area contributed by atoms with E-state index < -0.39 is 57.8 Å². The number of unbranched alkanes of at least 4 members (excludes halogenated alkanes) is 1. The second-order valence-electron chi connectivity index (χ2n) is 10.4. The Balaban J connectivity index is 1.72. The first-order valence-corrected chi connectivity index (χ1v) is 13.7. The van der Waals surface area contributed by atoms with Crippen LogP contribution in [0.3, 0.4) is 0 Å². The summed E-state index contributed by atoms with van der Waals surface area (Å²) in [4.78, 5) is 35.6. The minimum Gasteiger partial charge on any atom is -0.493 e. The topological polar surface area (TPSA) is 180 Å². The minimum absolute atomic E-state index is 0.0669. The lowest BCUT2D eigenvalue weighted by atomic mass is 9.64.